The fourth-order valence-electron chi connectivity index (χ4n) is 3.55. The zero-order valence-corrected chi connectivity index (χ0v) is 19.4. The Balaban J connectivity index is 2.90. The van der Waals surface area contributed by atoms with Crippen molar-refractivity contribution in [2.45, 2.75) is 90.2 Å². The van der Waals surface area contributed by atoms with Crippen LogP contribution in [-0.2, 0) is 4.43 Å². The van der Waals surface area contributed by atoms with E-state index in [0.29, 0.717) is 0 Å². The zero-order valence-electron chi connectivity index (χ0n) is 16.4. The summed E-state index contributed by atoms with van der Waals surface area (Å²) >= 11 is 0. The third kappa shape index (κ3) is 6.32. The van der Waals surface area contributed by atoms with Gasteiger partial charge in [-0.25, -0.2) is 0 Å². The Kier molecular flexibility index (Phi) is 6.36. The normalized spacial score (nSPS) is 19.2. The molecule has 22 heavy (non-hydrogen) atoms. The van der Waals surface area contributed by atoms with E-state index in [0.717, 1.165) is 19.4 Å². The molecule has 2 nitrogen and oxygen atoms in total. The Bertz CT molecular complexity index is 412. The van der Waals surface area contributed by atoms with E-state index >= 15 is 0 Å². The fraction of sp³-hybridized carbons (Fsp3) is 0.882. The van der Waals surface area contributed by atoms with Crippen LogP contribution in [0.4, 0.5) is 0 Å². The minimum absolute atomic E-state index is 0.130. The number of rotatable bonds is 5. The van der Waals surface area contributed by atoms with Crippen LogP contribution in [0.5, 0.6) is 0 Å². The molecule has 0 N–H and O–H groups in total. The molecule has 5 heteroatoms. The lowest BCUT2D eigenvalue weighted by atomic mass is 10.0. The number of hydrogen-bond acceptors (Lipinski definition) is 2. The molecule has 128 valence electrons. The molecule has 0 heterocycles. The van der Waals surface area contributed by atoms with Gasteiger partial charge in [0.15, 0.2) is 8.32 Å². The molecule has 1 aliphatic carbocycles. The lowest BCUT2D eigenvalue weighted by Crippen LogP contribution is -2.59. The molecule has 1 fully saturated rings. The van der Waals surface area contributed by atoms with Gasteiger partial charge in [-0.05, 0) is 45.3 Å². The van der Waals surface area contributed by atoms with Crippen molar-refractivity contribution in [3.63, 3.8) is 0 Å². The second kappa shape index (κ2) is 6.94. The van der Waals surface area contributed by atoms with Crippen LogP contribution in [0.3, 0.4) is 0 Å². The van der Waals surface area contributed by atoms with Crippen molar-refractivity contribution in [1.82, 2.24) is 4.23 Å². The summed E-state index contributed by atoms with van der Waals surface area (Å²) in [7, 11) is -4.16. The lowest BCUT2D eigenvalue weighted by molar-refractivity contribution is 0.130. The molecule has 0 atom stereocenters. The van der Waals surface area contributed by atoms with Gasteiger partial charge >= 0.3 is 0 Å². The van der Waals surface area contributed by atoms with E-state index in [4.69, 9.17) is 4.43 Å². The van der Waals surface area contributed by atoms with Crippen molar-refractivity contribution >= 4 is 24.8 Å². The van der Waals surface area contributed by atoms with Crippen molar-refractivity contribution in [2.75, 3.05) is 6.54 Å². The summed E-state index contributed by atoms with van der Waals surface area (Å²) in [5, 5.41) is 0. The molecular weight excluding hydrogens is 318 g/mol. The minimum atomic E-state index is -1.54. The molecule has 0 saturated heterocycles. The molecule has 0 spiro atoms. The Hall–Kier alpha value is 0.131. The fourth-order valence-corrected chi connectivity index (χ4v) is 14.1. The first-order chi connectivity index (χ1) is 9.75. The molecule has 0 radical (unpaired) electrons. The first-order valence-corrected chi connectivity index (χ1v) is 19.0. The topological polar surface area (TPSA) is 12.5 Å². The summed E-state index contributed by atoms with van der Waals surface area (Å²) < 4.78 is 9.26. The molecule has 1 aliphatic rings. The van der Waals surface area contributed by atoms with Gasteiger partial charge in [-0.1, -0.05) is 51.1 Å². The van der Waals surface area contributed by atoms with Gasteiger partial charge in [-0.3, -0.25) is 0 Å². The second-order valence-electron chi connectivity index (χ2n) is 9.65. The van der Waals surface area contributed by atoms with Gasteiger partial charge in [0.25, 0.3) is 0 Å². The standard InChI is InChI=1S/C17H37NOSi3/c1-20(2,3)18(21(4,5)6)16-12-15-17(13-10-11-14-17)19-22(7,8)9/h10-11,13-14,16H2,1-9H3. The smallest absolute Gasteiger partial charge is 0.185 e. The number of nitrogens with zero attached hydrogens (tertiary/aromatic N) is 1. The summed E-state index contributed by atoms with van der Waals surface area (Å²) in [6.45, 7) is 22.4. The molecule has 1 saturated carbocycles. The van der Waals surface area contributed by atoms with Crippen LogP contribution in [0.2, 0.25) is 58.9 Å². The summed E-state index contributed by atoms with van der Waals surface area (Å²) in [6.07, 6.45) is 4.80. The molecular formula is C17H37NOSi3. The highest BCUT2D eigenvalue weighted by atomic mass is 28.4. The van der Waals surface area contributed by atoms with Crippen molar-refractivity contribution in [2.24, 2.45) is 0 Å². The molecule has 0 aromatic heterocycles. The lowest BCUT2D eigenvalue weighted by Gasteiger charge is -2.42. The predicted octanol–water partition coefficient (Wildman–Crippen LogP) is 5.13. The van der Waals surface area contributed by atoms with Gasteiger partial charge in [0.05, 0.1) is 0 Å². The summed E-state index contributed by atoms with van der Waals surface area (Å²) in [4.78, 5) is 0. The first-order valence-electron chi connectivity index (χ1n) is 8.73. The van der Waals surface area contributed by atoms with Crippen LogP contribution < -0.4 is 0 Å². The number of hydrogen-bond donors (Lipinski definition) is 0. The first kappa shape index (κ1) is 20.2. The summed E-state index contributed by atoms with van der Waals surface area (Å²) in [5.74, 6) is 7.14. The average Bonchev–Trinajstić information content (AvgIpc) is 2.67. The molecule has 1 rings (SSSR count). The second-order valence-corrected chi connectivity index (χ2v) is 24.3. The largest absolute Gasteiger partial charge is 0.402 e. The Morgan fingerprint density at radius 1 is 0.864 bits per heavy atom. The van der Waals surface area contributed by atoms with Gasteiger partial charge < -0.3 is 8.66 Å². The summed E-state index contributed by atoms with van der Waals surface area (Å²) in [6, 6.07) is 0. The van der Waals surface area contributed by atoms with E-state index in [1.165, 1.54) is 12.8 Å². The molecule has 0 aromatic carbocycles. The quantitative estimate of drug-likeness (QED) is 0.501. The Morgan fingerprint density at radius 3 is 1.68 bits per heavy atom. The third-order valence-corrected chi connectivity index (χ3v) is 12.7. The van der Waals surface area contributed by atoms with Gasteiger partial charge in [-0.2, -0.15) is 0 Å². The van der Waals surface area contributed by atoms with Crippen LogP contribution in [0.25, 0.3) is 0 Å². The van der Waals surface area contributed by atoms with E-state index in [1.807, 2.05) is 0 Å². The van der Waals surface area contributed by atoms with Gasteiger partial charge in [0.1, 0.15) is 22.1 Å². The maximum atomic E-state index is 6.51. The monoisotopic (exact) mass is 355 g/mol. The van der Waals surface area contributed by atoms with Gasteiger partial charge in [0, 0.05) is 6.54 Å². The minimum Gasteiger partial charge on any atom is -0.402 e. The highest BCUT2D eigenvalue weighted by Gasteiger charge is 2.38. The highest BCUT2D eigenvalue weighted by Crippen LogP contribution is 2.35. The third-order valence-electron chi connectivity index (χ3n) is 4.09. The Labute approximate surface area is 142 Å². The van der Waals surface area contributed by atoms with Crippen LogP contribution in [0.1, 0.15) is 25.7 Å². The zero-order chi connectivity index (χ0) is 17.2. The maximum absolute atomic E-state index is 6.51. The molecule has 0 amide bonds. The van der Waals surface area contributed by atoms with Gasteiger partial charge in [-0.15, -0.1) is 0 Å². The molecule has 0 bridgehead atoms. The van der Waals surface area contributed by atoms with Crippen molar-refractivity contribution in [3.05, 3.63) is 0 Å². The Morgan fingerprint density at radius 2 is 1.32 bits per heavy atom. The van der Waals surface area contributed by atoms with E-state index in [2.05, 4.69) is 75.0 Å². The molecule has 0 aliphatic heterocycles. The van der Waals surface area contributed by atoms with Crippen molar-refractivity contribution in [3.8, 4) is 11.8 Å². The van der Waals surface area contributed by atoms with E-state index in [1.54, 1.807) is 0 Å². The van der Waals surface area contributed by atoms with Crippen molar-refractivity contribution in [1.29, 1.82) is 0 Å². The van der Waals surface area contributed by atoms with Gasteiger partial charge in [0.2, 0.25) is 0 Å². The molecule has 0 aromatic rings. The van der Waals surface area contributed by atoms with E-state index in [-0.39, 0.29) is 5.60 Å². The van der Waals surface area contributed by atoms with Crippen LogP contribution >= 0.6 is 0 Å². The van der Waals surface area contributed by atoms with Crippen LogP contribution in [-0.4, -0.2) is 41.2 Å². The van der Waals surface area contributed by atoms with Crippen LogP contribution in [0.15, 0.2) is 0 Å². The SMILES string of the molecule is C[Si](C)(C)OC1(C#CCN([Si](C)(C)C)[Si](C)(C)C)CCCC1. The predicted molar refractivity (Wildman–Crippen MR) is 107 cm³/mol. The van der Waals surface area contributed by atoms with E-state index in [9.17, 15) is 0 Å². The highest BCUT2D eigenvalue weighted by molar-refractivity contribution is 6.89. The average molecular weight is 356 g/mol. The van der Waals surface area contributed by atoms with Crippen LogP contribution in [0, 0.1) is 11.8 Å². The van der Waals surface area contributed by atoms with Crippen molar-refractivity contribution < 1.29 is 4.43 Å². The summed E-state index contributed by atoms with van der Waals surface area (Å²) in [5.41, 5.74) is -0.130. The van der Waals surface area contributed by atoms with E-state index < -0.39 is 24.8 Å². The molecule has 0 unspecified atom stereocenters. The maximum Gasteiger partial charge on any atom is 0.185 e.